The Morgan fingerprint density at radius 1 is 0.333 bits per heavy atom. The molecule has 0 heterocycles. The molecule has 0 heteroatoms. The van der Waals surface area contributed by atoms with Gasteiger partial charge in [0.2, 0.25) is 0 Å². The molecule has 0 bridgehead atoms. The van der Waals surface area contributed by atoms with Crippen LogP contribution in [0.25, 0.3) is 0 Å². The highest BCUT2D eigenvalue weighted by atomic mass is 15.6. The summed E-state index contributed by atoms with van der Waals surface area (Å²) in [5.74, 6) is 0. The third-order valence-electron chi connectivity index (χ3n) is 0.667. The third-order valence-corrected chi connectivity index (χ3v) is 0.667. The topological polar surface area (TPSA) is 0 Å². The first-order valence-electron chi connectivity index (χ1n) is 2.00. The molecule has 0 N–H and O–H groups in total. The van der Waals surface area contributed by atoms with E-state index in [1.54, 1.807) is 0 Å². The zero-order chi connectivity index (χ0) is 4.24. The van der Waals surface area contributed by atoms with E-state index in [-0.39, 0.29) is 0 Å². The van der Waals surface area contributed by atoms with E-state index in [4.69, 9.17) is 0 Å². The maximum absolute atomic E-state index is 2.00. The molecule has 0 spiro atoms. The lowest BCUT2D eigenvalue weighted by Crippen LogP contribution is -1.47. The number of rotatable bonds is 0. The van der Waals surface area contributed by atoms with Gasteiger partial charge in [0, 0.05) is 0 Å². The Labute approximate surface area is 37.4 Å². The van der Waals surface area contributed by atoms with Gasteiger partial charge in [-0.05, 0) is 0 Å². The normalized spacial score (nSPS) is 8.00. The standard InChI is InChI=1S/C6H6/c1-2-4-6-5-3-1/h1-6H/i1+2,2+2,3+2,4+2,5+2,6+2. The second-order valence-corrected chi connectivity index (χ2v) is 1.15. The van der Waals surface area contributed by atoms with Crippen molar-refractivity contribution in [2.75, 3.05) is 0 Å². The Balaban J connectivity index is 3.00. The predicted molar refractivity (Wildman–Crippen MR) is 26.4 cm³/mol. The number of hydrogen-bond donors (Lipinski definition) is 0. The summed E-state index contributed by atoms with van der Waals surface area (Å²) in [5, 5.41) is 0. The fraction of sp³-hybridized carbons (Fsp3) is 0. The maximum atomic E-state index is 2.00. The van der Waals surface area contributed by atoms with Crippen LogP contribution in [-0.4, -0.2) is 0 Å². The summed E-state index contributed by atoms with van der Waals surface area (Å²) < 4.78 is 0. The van der Waals surface area contributed by atoms with Crippen LogP contribution in [0.2, 0.25) is 0 Å². The summed E-state index contributed by atoms with van der Waals surface area (Å²) in [6, 6.07) is 12.0. The minimum absolute atomic E-state index is 2.00. The average molecular weight is 90.1 g/mol. The van der Waals surface area contributed by atoms with E-state index in [0.29, 0.717) is 0 Å². The van der Waals surface area contributed by atoms with Crippen LogP contribution in [-0.2, 0) is 0 Å². The van der Waals surface area contributed by atoms with Gasteiger partial charge in [-0.25, -0.2) is 0 Å². The fourth-order valence-electron chi connectivity index (χ4n) is 0.385. The fourth-order valence-corrected chi connectivity index (χ4v) is 0.385. The highest BCUT2D eigenvalue weighted by molar-refractivity contribution is 4.99. The number of benzene rings is 1. The molecule has 0 atom stereocenters. The van der Waals surface area contributed by atoms with Gasteiger partial charge in [0.05, 0.1) is 0 Å². The lowest BCUT2D eigenvalue weighted by Gasteiger charge is -1.69. The first-order valence-corrected chi connectivity index (χ1v) is 2.00. The van der Waals surface area contributed by atoms with Crippen LogP contribution in [0.4, 0.5) is 0 Å². The van der Waals surface area contributed by atoms with Gasteiger partial charge in [0.1, 0.15) is 0 Å². The molecule has 0 saturated carbocycles. The molecule has 0 aromatic heterocycles. The average Bonchev–Trinajstić information content (AvgIpc) is 1.72. The first kappa shape index (κ1) is 3.41. The van der Waals surface area contributed by atoms with Crippen molar-refractivity contribution in [2.45, 2.75) is 0 Å². The zero-order valence-corrected chi connectivity index (χ0v) is 3.46. The van der Waals surface area contributed by atoms with Crippen molar-refractivity contribution in [1.82, 2.24) is 0 Å². The summed E-state index contributed by atoms with van der Waals surface area (Å²) in [6.07, 6.45) is 0. The molecule has 0 unspecified atom stereocenters. The summed E-state index contributed by atoms with van der Waals surface area (Å²) in [7, 11) is 0. The number of hydrogen-bond acceptors (Lipinski definition) is 0. The summed E-state index contributed by atoms with van der Waals surface area (Å²) in [4.78, 5) is 0. The van der Waals surface area contributed by atoms with Crippen molar-refractivity contribution in [3.8, 4) is 0 Å². The minimum atomic E-state index is 2.00. The Morgan fingerprint density at radius 3 is 0.667 bits per heavy atom. The van der Waals surface area contributed by atoms with Crippen LogP contribution in [0.3, 0.4) is 0 Å². The second kappa shape index (κ2) is 1.61. The van der Waals surface area contributed by atoms with Gasteiger partial charge >= 0.3 is 0 Å². The van der Waals surface area contributed by atoms with Crippen LogP contribution in [0.5, 0.6) is 0 Å². The van der Waals surface area contributed by atoms with E-state index < -0.39 is 0 Å². The smallest absolute Gasteiger partial charge is 0.0623 e. The second-order valence-electron chi connectivity index (χ2n) is 1.15. The van der Waals surface area contributed by atoms with Crippen molar-refractivity contribution in [1.29, 1.82) is 0 Å². The largest absolute Gasteiger partial charge is 0.0623 e. The molecule has 0 aliphatic rings. The van der Waals surface area contributed by atoms with Crippen LogP contribution in [0, 0.1) is 0 Å². The lowest BCUT2D eigenvalue weighted by molar-refractivity contribution is 1.72. The molecule has 0 saturated heterocycles. The molecule has 0 radical (unpaired) electrons. The molecule has 1 aromatic carbocycles. The molecular formula is C6H6. The maximum Gasteiger partial charge on any atom is -0.0623 e. The monoisotopic (exact) mass is 90.1 g/mol. The van der Waals surface area contributed by atoms with E-state index >= 15 is 0 Å². The Bertz CT molecular complexity index is 72.0. The summed E-state index contributed by atoms with van der Waals surface area (Å²) >= 11 is 0. The van der Waals surface area contributed by atoms with Crippen LogP contribution in [0.15, 0.2) is 36.4 Å². The quantitative estimate of drug-likeness (QED) is 0.454. The lowest BCUT2D eigenvalue weighted by atomic mass is 12.4. The van der Waals surface area contributed by atoms with E-state index in [9.17, 15) is 0 Å². The molecule has 0 nitrogen and oxygen atoms in total. The van der Waals surface area contributed by atoms with Crippen molar-refractivity contribution in [3.63, 3.8) is 0 Å². The molecular weight excluding hydrogens is 84.0 g/mol. The summed E-state index contributed by atoms with van der Waals surface area (Å²) in [6.45, 7) is 0. The van der Waals surface area contributed by atoms with E-state index in [0.717, 1.165) is 0 Å². The van der Waals surface area contributed by atoms with Gasteiger partial charge in [-0.15, -0.1) is 0 Å². The zero-order valence-electron chi connectivity index (χ0n) is 3.46. The van der Waals surface area contributed by atoms with Crippen molar-refractivity contribution >= 4 is 0 Å². The molecule has 1 rings (SSSR count). The Morgan fingerprint density at radius 2 is 0.500 bits per heavy atom. The highest BCUT2D eigenvalue weighted by Crippen LogP contribution is 1.79. The molecule has 0 aliphatic carbocycles. The van der Waals surface area contributed by atoms with Gasteiger partial charge in [-0.1, -0.05) is 36.4 Å². The van der Waals surface area contributed by atoms with E-state index in [1.807, 2.05) is 36.4 Å². The van der Waals surface area contributed by atoms with Gasteiger partial charge in [-0.3, -0.25) is 0 Å². The van der Waals surface area contributed by atoms with Crippen LogP contribution < -0.4 is 0 Å². The van der Waals surface area contributed by atoms with E-state index in [1.165, 1.54) is 0 Å². The summed E-state index contributed by atoms with van der Waals surface area (Å²) in [5.41, 5.74) is 0. The molecule has 0 amide bonds. The minimum Gasteiger partial charge on any atom is -0.0623 e. The SMILES string of the molecule is [14cH]1[14cH][14cH][14cH][14cH][14cH]1. The predicted octanol–water partition coefficient (Wildman–Crippen LogP) is 1.69. The van der Waals surface area contributed by atoms with Gasteiger partial charge < -0.3 is 0 Å². The highest BCUT2D eigenvalue weighted by Gasteiger charge is 1.57. The molecule has 30 valence electrons. The van der Waals surface area contributed by atoms with Crippen molar-refractivity contribution in [2.24, 2.45) is 0 Å². The van der Waals surface area contributed by atoms with Gasteiger partial charge in [0.25, 0.3) is 0 Å². The molecule has 1 aromatic rings. The van der Waals surface area contributed by atoms with Gasteiger partial charge in [-0.2, -0.15) is 0 Å². The molecule has 0 aliphatic heterocycles. The van der Waals surface area contributed by atoms with Crippen LogP contribution >= 0.6 is 0 Å². The van der Waals surface area contributed by atoms with Crippen molar-refractivity contribution < 1.29 is 0 Å². The Hall–Kier alpha value is -0.780. The van der Waals surface area contributed by atoms with E-state index in [2.05, 4.69) is 0 Å². The first-order chi connectivity index (χ1) is 3.00. The van der Waals surface area contributed by atoms with Crippen LogP contribution in [0.1, 0.15) is 0 Å². The third kappa shape index (κ3) is 0.582. The van der Waals surface area contributed by atoms with Gasteiger partial charge in [0.15, 0.2) is 0 Å². The molecule has 6 heavy (non-hydrogen) atoms. The molecule has 0 fully saturated rings. The Kier molecular flexibility index (Phi) is 0.913. The van der Waals surface area contributed by atoms with Crippen molar-refractivity contribution in [3.05, 3.63) is 36.4 Å².